The average Bonchev–Trinajstić information content (AvgIpc) is 3.32. The molecule has 1 aliphatic rings. The molecule has 0 bridgehead atoms. The molecule has 0 saturated carbocycles. The maximum absolute atomic E-state index is 12.6. The summed E-state index contributed by atoms with van der Waals surface area (Å²) in [5.41, 5.74) is 3.93. The van der Waals surface area contributed by atoms with E-state index in [0.29, 0.717) is 0 Å². The van der Waals surface area contributed by atoms with Crippen molar-refractivity contribution in [1.82, 2.24) is 19.7 Å². The highest BCUT2D eigenvalue weighted by Gasteiger charge is 2.25. The summed E-state index contributed by atoms with van der Waals surface area (Å²) in [6.45, 7) is 6.79. The van der Waals surface area contributed by atoms with Crippen molar-refractivity contribution in [3.63, 3.8) is 0 Å². The molecule has 0 aliphatic carbocycles. The molecule has 28 heavy (non-hydrogen) atoms. The number of hydrogen-bond acceptors (Lipinski definition) is 5. The zero-order chi connectivity index (χ0) is 19.5. The molecule has 1 amide bonds. The highest BCUT2D eigenvalue weighted by Crippen LogP contribution is 2.22. The van der Waals surface area contributed by atoms with Crippen molar-refractivity contribution in [1.29, 1.82) is 0 Å². The summed E-state index contributed by atoms with van der Waals surface area (Å²) >= 11 is 1.69. The second-order valence-corrected chi connectivity index (χ2v) is 8.33. The third-order valence-corrected chi connectivity index (χ3v) is 5.95. The maximum Gasteiger partial charge on any atom is 0.227 e. The molecule has 1 aromatic carbocycles. The summed E-state index contributed by atoms with van der Waals surface area (Å²) < 4.78 is 1.92. The van der Waals surface area contributed by atoms with Gasteiger partial charge in [-0.3, -0.25) is 9.69 Å². The van der Waals surface area contributed by atoms with E-state index < -0.39 is 0 Å². The second kappa shape index (κ2) is 8.24. The van der Waals surface area contributed by atoms with Gasteiger partial charge in [-0.2, -0.15) is 5.10 Å². The Bertz CT molecular complexity index is 924. The van der Waals surface area contributed by atoms with E-state index in [0.717, 1.165) is 60.2 Å². The molecule has 0 spiro atoms. The van der Waals surface area contributed by atoms with Crippen molar-refractivity contribution in [3.05, 3.63) is 58.3 Å². The van der Waals surface area contributed by atoms with Crippen LogP contribution < -0.4 is 5.32 Å². The van der Waals surface area contributed by atoms with Gasteiger partial charge < -0.3 is 5.32 Å². The van der Waals surface area contributed by atoms with Crippen LogP contribution in [0, 0.1) is 19.8 Å². The standard InChI is InChI=1S/C21H25N5OS/c1-15-13-16(2)26(24-15)19-5-3-18(4-6-19)23-21(27)17-7-10-25(11-8-17)14-20-22-9-12-28-20/h3-6,9,12-13,17H,7-8,10-11,14H2,1-2H3,(H,23,27). The van der Waals surface area contributed by atoms with Crippen LogP contribution in [0.25, 0.3) is 5.69 Å². The Morgan fingerprint density at radius 2 is 1.96 bits per heavy atom. The Morgan fingerprint density at radius 3 is 2.57 bits per heavy atom. The average molecular weight is 396 g/mol. The molecular weight excluding hydrogens is 370 g/mol. The summed E-state index contributed by atoms with van der Waals surface area (Å²) in [6, 6.07) is 9.93. The molecule has 1 N–H and O–H groups in total. The number of aromatic nitrogens is 3. The van der Waals surface area contributed by atoms with Crippen LogP contribution in [0.15, 0.2) is 41.9 Å². The van der Waals surface area contributed by atoms with Gasteiger partial charge in [0.25, 0.3) is 0 Å². The Balaban J connectivity index is 1.31. The molecule has 2 aromatic heterocycles. The SMILES string of the molecule is Cc1cc(C)n(-c2ccc(NC(=O)C3CCN(Cc4nccs4)CC3)cc2)n1. The number of aryl methyl sites for hydroxylation is 2. The molecule has 4 rings (SSSR count). The van der Waals surface area contributed by atoms with Crippen LogP contribution in [-0.4, -0.2) is 38.7 Å². The molecule has 0 unspecified atom stereocenters. The smallest absolute Gasteiger partial charge is 0.227 e. The van der Waals surface area contributed by atoms with Crippen LogP contribution in [0.3, 0.4) is 0 Å². The van der Waals surface area contributed by atoms with E-state index in [2.05, 4.69) is 26.4 Å². The molecule has 6 nitrogen and oxygen atoms in total. The van der Waals surface area contributed by atoms with E-state index >= 15 is 0 Å². The lowest BCUT2D eigenvalue weighted by Gasteiger charge is -2.30. The number of carbonyl (C=O) groups excluding carboxylic acids is 1. The maximum atomic E-state index is 12.6. The zero-order valence-corrected chi connectivity index (χ0v) is 17.1. The first kappa shape index (κ1) is 18.8. The topological polar surface area (TPSA) is 63.1 Å². The van der Waals surface area contributed by atoms with Gasteiger partial charge in [0.15, 0.2) is 0 Å². The number of rotatable bonds is 5. The predicted molar refractivity (Wildman–Crippen MR) is 112 cm³/mol. The number of carbonyl (C=O) groups is 1. The fourth-order valence-electron chi connectivity index (χ4n) is 3.70. The van der Waals surface area contributed by atoms with Gasteiger partial charge in [0.1, 0.15) is 5.01 Å². The van der Waals surface area contributed by atoms with Crippen LogP contribution in [0.2, 0.25) is 0 Å². The number of likely N-dealkylation sites (tertiary alicyclic amines) is 1. The van der Waals surface area contributed by atoms with E-state index in [1.165, 1.54) is 0 Å². The van der Waals surface area contributed by atoms with E-state index in [4.69, 9.17) is 0 Å². The quantitative estimate of drug-likeness (QED) is 0.714. The van der Waals surface area contributed by atoms with Crippen LogP contribution in [0.5, 0.6) is 0 Å². The molecule has 1 fully saturated rings. The molecule has 1 saturated heterocycles. The minimum atomic E-state index is 0.0724. The van der Waals surface area contributed by atoms with Gasteiger partial charge in [0, 0.05) is 28.9 Å². The van der Waals surface area contributed by atoms with Gasteiger partial charge in [-0.15, -0.1) is 11.3 Å². The molecule has 3 heterocycles. The third kappa shape index (κ3) is 4.31. The second-order valence-electron chi connectivity index (χ2n) is 7.35. The number of anilines is 1. The Hall–Kier alpha value is -2.51. The normalized spacial score (nSPS) is 15.6. The van der Waals surface area contributed by atoms with Crippen molar-refractivity contribution in [2.45, 2.75) is 33.2 Å². The first-order valence-electron chi connectivity index (χ1n) is 9.64. The molecular formula is C21H25N5OS. The Morgan fingerprint density at radius 1 is 1.21 bits per heavy atom. The molecule has 146 valence electrons. The van der Waals surface area contributed by atoms with E-state index in [1.807, 2.05) is 54.4 Å². The van der Waals surface area contributed by atoms with Gasteiger partial charge in [0.2, 0.25) is 5.91 Å². The van der Waals surface area contributed by atoms with Crippen molar-refractivity contribution in [3.8, 4) is 5.69 Å². The van der Waals surface area contributed by atoms with Crippen LogP contribution in [0.4, 0.5) is 5.69 Å². The summed E-state index contributed by atoms with van der Waals surface area (Å²) in [5.74, 6) is 0.191. The minimum absolute atomic E-state index is 0.0724. The Kier molecular flexibility index (Phi) is 5.54. The number of amides is 1. The molecule has 0 atom stereocenters. The van der Waals surface area contributed by atoms with E-state index in [9.17, 15) is 4.79 Å². The van der Waals surface area contributed by atoms with Gasteiger partial charge in [-0.05, 0) is 70.1 Å². The first-order chi connectivity index (χ1) is 13.6. The fourth-order valence-corrected chi connectivity index (χ4v) is 4.35. The predicted octanol–water partition coefficient (Wildman–Crippen LogP) is 3.80. The molecule has 0 radical (unpaired) electrons. The van der Waals surface area contributed by atoms with Crippen LogP contribution >= 0.6 is 11.3 Å². The zero-order valence-electron chi connectivity index (χ0n) is 16.3. The number of thiazole rings is 1. The monoisotopic (exact) mass is 395 g/mol. The fraction of sp³-hybridized carbons (Fsp3) is 0.381. The number of nitrogens with one attached hydrogen (secondary N) is 1. The van der Waals surface area contributed by atoms with Crippen molar-refractivity contribution < 1.29 is 4.79 Å². The van der Waals surface area contributed by atoms with Crippen molar-refractivity contribution >= 4 is 22.9 Å². The highest BCUT2D eigenvalue weighted by molar-refractivity contribution is 7.09. The van der Waals surface area contributed by atoms with Gasteiger partial charge >= 0.3 is 0 Å². The van der Waals surface area contributed by atoms with Crippen molar-refractivity contribution in [2.24, 2.45) is 5.92 Å². The lowest BCUT2D eigenvalue weighted by atomic mass is 9.96. The Labute approximate surface area is 169 Å². The van der Waals surface area contributed by atoms with Gasteiger partial charge in [-0.1, -0.05) is 0 Å². The third-order valence-electron chi connectivity index (χ3n) is 5.19. The van der Waals surface area contributed by atoms with E-state index in [-0.39, 0.29) is 11.8 Å². The largest absolute Gasteiger partial charge is 0.326 e. The van der Waals surface area contributed by atoms with Crippen LogP contribution in [0.1, 0.15) is 29.2 Å². The summed E-state index contributed by atoms with van der Waals surface area (Å²) in [6.07, 6.45) is 3.63. The molecule has 7 heteroatoms. The summed E-state index contributed by atoms with van der Waals surface area (Å²) in [7, 11) is 0. The summed E-state index contributed by atoms with van der Waals surface area (Å²) in [5, 5.41) is 10.7. The highest BCUT2D eigenvalue weighted by atomic mass is 32.1. The number of benzene rings is 1. The van der Waals surface area contributed by atoms with Gasteiger partial charge in [0.05, 0.1) is 17.9 Å². The van der Waals surface area contributed by atoms with Crippen LogP contribution in [-0.2, 0) is 11.3 Å². The van der Waals surface area contributed by atoms with Crippen molar-refractivity contribution in [2.75, 3.05) is 18.4 Å². The molecule has 3 aromatic rings. The summed E-state index contributed by atoms with van der Waals surface area (Å²) in [4.78, 5) is 19.4. The number of nitrogens with zero attached hydrogens (tertiary/aromatic N) is 4. The first-order valence-corrected chi connectivity index (χ1v) is 10.5. The number of hydrogen-bond donors (Lipinski definition) is 1. The van der Waals surface area contributed by atoms with E-state index in [1.54, 1.807) is 11.3 Å². The number of piperidine rings is 1. The lowest BCUT2D eigenvalue weighted by Crippen LogP contribution is -2.37. The minimum Gasteiger partial charge on any atom is -0.326 e. The lowest BCUT2D eigenvalue weighted by molar-refractivity contribution is -0.121. The molecule has 1 aliphatic heterocycles. The van der Waals surface area contributed by atoms with Gasteiger partial charge in [-0.25, -0.2) is 9.67 Å².